The lowest BCUT2D eigenvalue weighted by atomic mass is 10.2. The molecule has 3 N–H and O–H groups in total. The maximum Gasteiger partial charge on any atom is 0.257 e. The number of hydrogen-bond acceptors (Lipinski definition) is 5. The van der Waals surface area contributed by atoms with Crippen molar-refractivity contribution in [1.82, 2.24) is 25.2 Å². The summed E-state index contributed by atoms with van der Waals surface area (Å²) >= 11 is 0. The van der Waals surface area contributed by atoms with Crippen molar-refractivity contribution >= 4 is 10.0 Å². The molecule has 0 radical (unpaired) electrons. The Hall–Kier alpha value is -1.77. The molecular weight excluding hydrogens is 278 g/mol. The number of nitrogens with one attached hydrogen (secondary N) is 3. The van der Waals surface area contributed by atoms with Crippen LogP contribution >= 0.6 is 0 Å². The molecule has 2 rings (SSSR count). The van der Waals surface area contributed by atoms with Gasteiger partial charge in [0.1, 0.15) is 0 Å². The second-order valence-corrected chi connectivity index (χ2v) is 5.97. The Bertz CT molecular complexity index is 639. The molecule has 8 heteroatoms. The van der Waals surface area contributed by atoms with Gasteiger partial charge in [-0.3, -0.25) is 10.1 Å². The van der Waals surface area contributed by atoms with Crippen LogP contribution < -0.4 is 10.0 Å². The van der Waals surface area contributed by atoms with Gasteiger partial charge in [-0.15, -0.1) is 0 Å². The van der Waals surface area contributed by atoms with Crippen molar-refractivity contribution in [3.8, 4) is 0 Å². The van der Waals surface area contributed by atoms with Crippen LogP contribution in [-0.4, -0.2) is 37.2 Å². The Kier molecular flexibility index (Phi) is 4.83. The largest absolute Gasteiger partial charge is 0.316 e. The van der Waals surface area contributed by atoms with E-state index in [9.17, 15) is 8.42 Å². The first-order chi connectivity index (χ1) is 9.63. The van der Waals surface area contributed by atoms with Gasteiger partial charge < -0.3 is 5.32 Å². The second-order valence-electron chi connectivity index (χ2n) is 4.26. The zero-order valence-corrected chi connectivity index (χ0v) is 11.9. The maximum absolute atomic E-state index is 12.2. The van der Waals surface area contributed by atoms with E-state index < -0.39 is 10.0 Å². The molecule has 108 valence electrons. The van der Waals surface area contributed by atoms with Gasteiger partial charge in [0.25, 0.3) is 10.0 Å². The van der Waals surface area contributed by atoms with Gasteiger partial charge >= 0.3 is 0 Å². The second kappa shape index (κ2) is 6.60. The van der Waals surface area contributed by atoms with E-state index in [2.05, 4.69) is 25.2 Å². The highest BCUT2D eigenvalue weighted by Gasteiger charge is 2.19. The Labute approximate surface area is 117 Å². The third-order valence-corrected chi connectivity index (χ3v) is 4.22. The van der Waals surface area contributed by atoms with E-state index in [1.165, 1.54) is 6.20 Å². The molecule has 2 heterocycles. The Morgan fingerprint density at radius 2 is 2.20 bits per heavy atom. The van der Waals surface area contributed by atoms with Crippen LogP contribution in [0.2, 0.25) is 0 Å². The number of rotatable bonds is 7. The summed E-state index contributed by atoms with van der Waals surface area (Å²) in [6, 6.07) is 3.73. The Morgan fingerprint density at radius 3 is 2.90 bits per heavy atom. The average molecular weight is 295 g/mol. The summed E-state index contributed by atoms with van der Waals surface area (Å²) in [5.41, 5.74) is 1.59. The number of sulfonamides is 1. The molecule has 0 aliphatic rings. The molecule has 0 saturated carbocycles. The van der Waals surface area contributed by atoms with Gasteiger partial charge in [-0.05, 0) is 25.1 Å². The number of hydrogen-bond donors (Lipinski definition) is 3. The molecule has 0 saturated heterocycles. The highest BCUT2D eigenvalue weighted by atomic mass is 32.2. The Morgan fingerprint density at radius 1 is 1.35 bits per heavy atom. The van der Waals surface area contributed by atoms with Crippen LogP contribution in [-0.2, 0) is 23.0 Å². The quantitative estimate of drug-likeness (QED) is 0.670. The fraction of sp³-hybridized carbons (Fsp3) is 0.333. The van der Waals surface area contributed by atoms with Gasteiger partial charge in [0.05, 0.1) is 6.20 Å². The van der Waals surface area contributed by atoms with E-state index in [4.69, 9.17) is 0 Å². The van der Waals surface area contributed by atoms with E-state index >= 15 is 0 Å². The monoisotopic (exact) mass is 295 g/mol. The molecule has 0 aromatic carbocycles. The van der Waals surface area contributed by atoms with Gasteiger partial charge in [-0.1, -0.05) is 6.07 Å². The number of aromatic nitrogens is 3. The van der Waals surface area contributed by atoms with Gasteiger partial charge in [-0.25, -0.2) is 13.1 Å². The maximum atomic E-state index is 12.2. The first kappa shape index (κ1) is 14.6. The van der Waals surface area contributed by atoms with Crippen LogP contribution in [0.3, 0.4) is 0 Å². The van der Waals surface area contributed by atoms with Crippen LogP contribution in [0, 0.1) is 0 Å². The molecule has 0 fully saturated rings. The van der Waals surface area contributed by atoms with E-state index in [1.54, 1.807) is 19.4 Å². The summed E-state index contributed by atoms with van der Waals surface area (Å²) in [4.78, 5) is 3.99. The summed E-state index contributed by atoms with van der Waals surface area (Å²) in [6.45, 7) is 0.751. The normalized spacial score (nSPS) is 11.7. The first-order valence-electron chi connectivity index (χ1n) is 6.19. The molecule has 0 amide bonds. The average Bonchev–Trinajstić information content (AvgIpc) is 2.89. The highest BCUT2D eigenvalue weighted by Crippen LogP contribution is 2.11. The molecular formula is C12H17N5O2S. The number of pyridine rings is 1. The lowest BCUT2D eigenvalue weighted by Gasteiger charge is -2.07. The molecule has 7 nitrogen and oxygen atoms in total. The van der Waals surface area contributed by atoms with Crippen LogP contribution in [0.1, 0.15) is 11.1 Å². The zero-order chi connectivity index (χ0) is 14.4. The standard InChI is InChI=1S/C12H17N5O2S/c1-13-8-11-9-15-17-12(11)20(18,19)16-6-4-10-3-2-5-14-7-10/h2-3,5,7,9,13,16H,4,6,8H2,1H3,(H,15,17). The number of aromatic amines is 1. The minimum absolute atomic E-state index is 0.109. The van der Waals surface area contributed by atoms with E-state index in [1.807, 2.05) is 12.1 Å². The lowest BCUT2D eigenvalue weighted by molar-refractivity contribution is 0.575. The third kappa shape index (κ3) is 3.62. The predicted molar refractivity (Wildman–Crippen MR) is 74.5 cm³/mol. The molecule has 0 bridgehead atoms. The third-order valence-electron chi connectivity index (χ3n) is 2.74. The summed E-state index contributed by atoms with van der Waals surface area (Å²) in [5, 5.41) is 9.32. The summed E-state index contributed by atoms with van der Waals surface area (Å²) in [6.07, 6.45) is 5.49. The minimum Gasteiger partial charge on any atom is -0.316 e. The fourth-order valence-corrected chi connectivity index (χ4v) is 2.95. The van der Waals surface area contributed by atoms with E-state index in [0.717, 1.165) is 5.56 Å². The molecule has 0 spiro atoms. The summed E-state index contributed by atoms with van der Waals surface area (Å²) < 4.78 is 26.9. The molecule has 0 aliphatic heterocycles. The molecule has 0 atom stereocenters. The van der Waals surface area contributed by atoms with Crippen molar-refractivity contribution in [2.45, 2.75) is 18.0 Å². The van der Waals surface area contributed by atoms with Crippen molar-refractivity contribution in [1.29, 1.82) is 0 Å². The lowest BCUT2D eigenvalue weighted by Crippen LogP contribution is -2.27. The zero-order valence-electron chi connectivity index (χ0n) is 11.1. The fourth-order valence-electron chi connectivity index (χ4n) is 1.80. The summed E-state index contributed by atoms with van der Waals surface area (Å²) in [5.74, 6) is 0. The number of nitrogens with zero attached hydrogens (tertiary/aromatic N) is 2. The topological polar surface area (TPSA) is 99.8 Å². The van der Waals surface area contributed by atoms with Crippen molar-refractivity contribution < 1.29 is 8.42 Å². The number of H-pyrrole nitrogens is 1. The molecule has 20 heavy (non-hydrogen) atoms. The van der Waals surface area contributed by atoms with Gasteiger partial charge in [-0.2, -0.15) is 5.10 Å². The van der Waals surface area contributed by atoms with Crippen LogP contribution in [0.25, 0.3) is 0 Å². The van der Waals surface area contributed by atoms with Gasteiger partial charge in [0.2, 0.25) is 0 Å². The highest BCUT2D eigenvalue weighted by molar-refractivity contribution is 7.89. The van der Waals surface area contributed by atoms with Crippen molar-refractivity contribution in [2.24, 2.45) is 0 Å². The van der Waals surface area contributed by atoms with Crippen LogP contribution in [0.4, 0.5) is 0 Å². The van der Waals surface area contributed by atoms with E-state index in [0.29, 0.717) is 25.1 Å². The molecule has 0 aliphatic carbocycles. The van der Waals surface area contributed by atoms with Crippen LogP contribution in [0.5, 0.6) is 0 Å². The van der Waals surface area contributed by atoms with Crippen LogP contribution in [0.15, 0.2) is 35.7 Å². The first-order valence-corrected chi connectivity index (χ1v) is 7.67. The van der Waals surface area contributed by atoms with Crippen molar-refractivity contribution in [3.63, 3.8) is 0 Å². The smallest absolute Gasteiger partial charge is 0.257 e. The van der Waals surface area contributed by atoms with E-state index in [-0.39, 0.29) is 5.03 Å². The molecule has 0 unspecified atom stereocenters. The Balaban J connectivity index is 1.99. The van der Waals surface area contributed by atoms with Gasteiger partial charge in [0, 0.05) is 31.0 Å². The van der Waals surface area contributed by atoms with Gasteiger partial charge in [0.15, 0.2) is 5.03 Å². The minimum atomic E-state index is -3.57. The van der Waals surface area contributed by atoms with Crippen molar-refractivity contribution in [2.75, 3.05) is 13.6 Å². The van der Waals surface area contributed by atoms with Crippen molar-refractivity contribution in [3.05, 3.63) is 41.9 Å². The predicted octanol–water partition coefficient (Wildman–Crippen LogP) is 0.0451. The molecule has 2 aromatic heterocycles. The SMILES string of the molecule is CNCc1cn[nH]c1S(=O)(=O)NCCc1cccnc1. The summed E-state index contributed by atoms with van der Waals surface area (Å²) in [7, 11) is -1.82. The molecule has 2 aromatic rings.